The Labute approximate surface area is 115 Å². The molecular formula is C14H27NO4. The molecule has 112 valence electrons. The van der Waals surface area contributed by atoms with Gasteiger partial charge in [0, 0.05) is 0 Å². The number of rotatable bonds is 9. The number of hydrogen-bond acceptors (Lipinski definition) is 5. The van der Waals surface area contributed by atoms with Crippen LogP contribution < -0.4 is 5.73 Å². The SMILES string of the molecule is CCCCCCCC(=O)OOC(=O)C(N)C(C)CC. The van der Waals surface area contributed by atoms with Gasteiger partial charge in [-0.15, -0.1) is 0 Å². The molecule has 19 heavy (non-hydrogen) atoms. The van der Waals surface area contributed by atoms with Gasteiger partial charge in [-0.3, -0.25) is 0 Å². The fraction of sp³-hybridized carbons (Fsp3) is 0.857. The lowest BCUT2D eigenvalue weighted by Crippen LogP contribution is -2.38. The van der Waals surface area contributed by atoms with Crippen LogP contribution in [0.3, 0.4) is 0 Å². The van der Waals surface area contributed by atoms with E-state index in [1.807, 2.05) is 13.8 Å². The van der Waals surface area contributed by atoms with E-state index < -0.39 is 18.0 Å². The van der Waals surface area contributed by atoms with E-state index in [-0.39, 0.29) is 12.3 Å². The van der Waals surface area contributed by atoms with Gasteiger partial charge in [-0.25, -0.2) is 19.4 Å². The Hall–Kier alpha value is -1.10. The number of hydrogen-bond donors (Lipinski definition) is 1. The van der Waals surface area contributed by atoms with Crippen LogP contribution in [0.5, 0.6) is 0 Å². The van der Waals surface area contributed by atoms with E-state index in [2.05, 4.69) is 16.7 Å². The van der Waals surface area contributed by atoms with Crippen molar-refractivity contribution in [1.29, 1.82) is 0 Å². The van der Waals surface area contributed by atoms with Crippen molar-refractivity contribution in [2.45, 2.75) is 71.8 Å². The summed E-state index contributed by atoms with van der Waals surface area (Å²) in [6.45, 7) is 5.91. The van der Waals surface area contributed by atoms with Gasteiger partial charge in [0.05, 0.1) is 6.42 Å². The number of carbonyl (C=O) groups is 2. The first-order chi connectivity index (χ1) is 9.02. The molecule has 2 atom stereocenters. The summed E-state index contributed by atoms with van der Waals surface area (Å²) in [6.07, 6.45) is 6.24. The normalized spacial score (nSPS) is 13.7. The first kappa shape index (κ1) is 17.9. The Balaban J connectivity index is 3.69. The molecule has 0 heterocycles. The minimum absolute atomic E-state index is 0.000228. The Morgan fingerprint density at radius 3 is 2.26 bits per heavy atom. The smallest absolute Gasteiger partial charge is 0.318 e. The third kappa shape index (κ3) is 8.59. The van der Waals surface area contributed by atoms with E-state index in [0.717, 1.165) is 32.1 Å². The zero-order chi connectivity index (χ0) is 14.7. The van der Waals surface area contributed by atoms with E-state index in [4.69, 9.17) is 5.73 Å². The standard InChI is InChI=1S/C14H27NO4/c1-4-6-7-8-9-10-12(16)18-19-14(17)13(15)11(3)5-2/h11,13H,4-10,15H2,1-3H3. The topological polar surface area (TPSA) is 78.6 Å². The van der Waals surface area contributed by atoms with Crippen LogP contribution in [0.25, 0.3) is 0 Å². The molecule has 0 spiro atoms. The van der Waals surface area contributed by atoms with Crippen molar-refractivity contribution in [2.24, 2.45) is 11.7 Å². The summed E-state index contributed by atoms with van der Waals surface area (Å²) < 4.78 is 0. The Morgan fingerprint density at radius 1 is 1.05 bits per heavy atom. The molecule has 0 aromatic carbocycles. The number of carbonyl (C=O) groups excluding carboxylic acids is 2. The van der Waals surface area contributed by atoms with Gasteiger partial charge in [0.25, 0.3) is 0 Å². The van der Waals surface area contributed by atoms with E-state index in [1.54, 1.807) is 0 Å². The van der Waals surface area contributed by atoms with Gasteiger partial charge in [-0.1, -0.05) is 52.9 Å². The molecule has 0 rings (SSSR count). The molecule has 5 nitrogen and oxygen atoms in total. The largest absolute Gasteiger partial charge is 0.372 e. The summed E-state index contributed by atoms with van der Waals surface area (Å²) in [4.78, 5) is 31.7. The predicted molar refractivity (Wildman–Crippen MR) is 73.0 cm³/mol. The first-order valence-electron chi connectivity index (χ1n) is 7.19. The minimum atomic E-state index is -0.748. The van der Waals surface area contributed by atoms with Crippen LogP contribution in [0.15, 0.2) is 0 Å². The summed E-state index contributed by atoms with van der Waals surface area (Å²) in [5.74, 6) is -1.20. The summed E-state index contributed by atoms with van der Waals surface area (Å²) in [5.41, 5.74) is 5.65. The van der Waals surface area contributed by atoms with Crippen LogP contribution in [-0.4, -0.2) is 18.0 Å². The summed E-state index contributed by atoms with van der Waals surface area (Å²) in [6, 6.07) is -0.748. The van der Waals surface area contributed by atoms with Crippen molar-refractivity contribution < 1.29 is 19.4 Å². The van der Waals surface area contributed by atoms with Crippen molar-refractivity contribution in [1.82, 2.24) is 0 Å². The van der Waals surface area contributed by atoms with Crippen molar-refractivity contribution in [3.63, 3.8) is 0 Å². The highest BCUT2D eigenvalue weighted by Crippen LogP contribution is 2.08. The maximum Gasteiger partial charge on any atom is 0.372 e. The van der Waals surface area contributed by atoms with E-state index in [1.165, 1.54) is 6.42 Å². The fourth-order valence-corrected chi connectivity index (χ4v) is 1.54. The van der Waals surface area contributed by atoms with Gasteiger partial charge >= 0.3 is 11.9 Å². The van der Waals surface area contributed by atoms with Crippen LogP contribution in [0, 0.1) is 5.92 Å². The summed E-state index contributed by atoms with van der Waals surface area (Å²) in [7, 11) is 0. The van der Waals surface area contributed by atoms with E-state index >= 15 is 0 Å². The van der Waals surface area contributed by atoms with Gasteiger partial charge in [0.2, 0.25) is 0 Å². The zero-order valence-corrected chi connectivity index (χ0v) is 12.3. The van der Waals surface area contributed by atoms with Crippen LogP contribution in [0.4, 0.5) is 0 Å². The molecule has 0 saturated heterocycles. The second kappa shape index (κ2) is 10.8. The molecular weight excluding hydrogens is 246 g/mol. The molecule has 0 aromatic heterocycles. The lowest BCUT2D eigenvalue weighted by Gasteiger charge is -2.15. The number of unbranched alkanes of at least 4 members (excludes halogenated alkanes) is 4. The highest BCUT2D eigenvalue weighted by atomic mass is 17.2. The zero-order valence-electron chi connectivity index (χ0n) is 12.3. The molecule has 0 aliphatic heterocycles. The lowest BCUT2D eigenvalue weighted by atomic mass is 10.0. The fourth-order valence-electron chi connectivity index (χ4n) is 1.54. The maximum absolute atomic E-state index is 11.4. The van der Waals surface area contributed by atoms with Crippen molar-refractivity contribution >= 4 is 11.9 Å². The van der Waals surface area contributed by atoms with Crippen molar-refractivity contribution in [3.05, 3.63) is 0 Å². The first-order valence-corrected chi connectivity index (χ1v) is 7.19. The molecule has 0 bridgehead atoms. The van der Waals surface area contributed by atoms with E-state index in [9.17, 15) is 9.59 Å². The van der Waals surface area contributed by atoms with Gasteiger partial charge in [0.1, 0.15) is 6.04 Å². The van der Waals surface area contributed by atoms with Crippen LogP contribution in [0.2, 0.25) is 0 Å². The van der Waals surface area contributed by atoms with Crippen LogP contribution >= 0.6 is 0 Å². The monoisotopic (exact) mass is 273 g/mol. The van der Waals surface area contributed by atoms with Crippen molar-refractivity contribution in [3.8, 4) is 0 Å². The van der Waals surface area contributed by atoms with E-state index in [0.29, 0.717) is 0 Å². The predicted octanol–water partition coefficient (Wildman–Crippen LogP) is 2.72. The van der Waals surface area contributed by atoms with Gasteiger partial charge in [0.15, 0.2) is 0 Å². The average molecular weight is 273 g/mol. The second-order valence-corrected chi connectivity index (χ2v) is 4.93. The van der Waals surface area contributed by atoms with Crippen LogP contribution in [-0.2, 0) is 19.4 Å². The second-order valence-electron chi connectivity index (χ2n) is 4.93. The summed E-state index contributed by atoms with van der Waals surface area (Å²) in [5, 5.41) is 0. The average Bonchev–Trinajstić information content (AvgIpc) is 2.42. The summed E-state index contributed by atoms with van der Waals surface area (Å²) >= 11 is 0. The highest BCUT2D eigenvalue weighted by molar-refractivity contribution is 5.77. The third-order valence-electron chi connectivity index (χ3n) is 3.23. The van der Waals surface area contributed by atoms with Gasteiger partial charge in [-0.05, 0) is 12.3 Å². The number of nitrogens with two attached hydrogens (primary N) is 1. The molecule has 0 saturated carbocycles. The highest BCUT2D eigenvalue weighted by Gasteiger charge is 2.23. The molecule has 2 unspecified atom stereocenters. The Bertz CT molecular complexity index is 268. The molecule has 2 N–H and O–H groups in total. The van der Waals surface area contributed by atoms with Crippen LogP contribution in [0.1, 0.15) is 65.7 Å². The van der Waals surface area contributed by atoms with Crippen molar-refractivity contribution in [2.75, 3.05) is 0 Å². The lowest BCUT2D eigenvalue weighted by molar-refractivity contribution is -0.260. The van der Waals surface area contributed by atoms with Gasteiger partial charge in [-0.2, -0.15) is 0 Å². The van der Waals surface area contributed by atoms with Gasteiger partial charge < -0.3 is 5.73 Å². The maximum atomic E-state index is 11.4. The molecule has 0 fully saturated rings. The molecule has 0 amide bonds. The molecule has 0 aliphatic rings. The molecule has 0 radical (unpaired) electrons. The third-order valence-corrected chi connectivity index (χ3v) is 3.23. The molecule has 5 heteroatoms. The Kier molecular flexibility index (Phi) is 10.2. The Morgan fingerprint density at radius 2 is 1.68 bits per heavy atom. The quantitative estimate of drug-likeness (QED) is 0.397. The minimum Gasteiger partial charge on any atom is -0.318 e. The molecule has 0 aromatic rings. The molecule has 0 aliphatic carbocycles.